The molecule has 24 heavy (non-hydrogen) atoms. The van der Waals surface area contributed by atoms with Crippen LogP contribution in [0.25, 0.3) is 0 Å². The maximum absolute atomic E-state index is 12.3. The lowest BCUT2D eigenvalue weighted by atomic mass is 9.88. The fourth-order valence-electron chi connectivity index (χ4n) is 3.28. The number of carbonyl (C=O) groups is 1. The largest absolute Gasteiger partial charge is 0.486 e. The van der Waals surface area contributed by atoms with Gasteiger partial charge in [-0.2, -0.15) is 13.2 Å². The fraction of sp³-hybridized carbons (Fsp3) is 0.625. The lowest BCUT2D eigenvalue weighted by molar-refractivity contribution is -0.164. The molecule has 0 aromatic carbocycles. The predicted molar refractivity (Wildman–Crippen MR) is 78.4 cm³/mol. The van der Waals surface area contributed by atoms with Gasteiger partial charge in [0.15, 0.2) is 0 Å². The highest BCUT2D eigenvalue weighted by molar-refractivity contribution is 5.77. The van der Waals surface area contributed by atoms with Crippen molar-refractivity contribution in [3.63, 3.8) is 0 Å². The van der Waals surface area contributed by atoms with Gasteiger partial charge in [0.05, 0.1) is 18.4 Å². The summed E-state index contributed by atoms with van der Waals surface area (Å²) in [7, 11) is 0. The molecule has 1 amide bonds. The third-order valence-corrected chi connectivity index (χ3v) is 4.49. The van der Waals surface area contributed by atoms with Gasteiger partial charge in [0.1, 0.15) is 18.3 Å². The Kier molecular flexibility index (Phi) is 4.67. The van der Waals surface area contributed by atoms with Gasteiger partial charge in [0, 0.05) is 25.7 Å². The number of pyridine rings is 1. The van der Waals surface area contributed by atoms with Crippen LogP contribution in [-0.2, 0) is 9.53 Å². The maximum atomic E-state index is 12.3. The number of rotatable bonds is 3. The molecule has 132 valence electrons. The molecule has 1 unspecified atom stereocenters. The minimum Gasteiger partial charge on any atom is -0.486 e. The first-order valence-electron chi connectivity index (χ1n) is 7.90. The van der Waals surface area contributed by atoms with Crippen LogP contribution in [0, 0.1) is 0 Å². The van der Waals surface area contributed by atoms with E-state index in [-0.39, 0.29) is 19.2 Å². The molecule has 2 saturated heterocycles. The summed E-state index contributed by atoms with van der Waals surface area (Å²) in [5, 5.41) is 0. The Morgan fingerprint density at radius 3 is 2.79 bits per heavy atom. The van der Waals surface area contributed by atoms with Gasteiger partial charge < -0.3 is 14.4 Å². The molecule has 3 heterocycles. The average molecular weight is 344 g/mol. The summed E-state index contributed by atoms with van der Waals surface area (Å²) in [6.07, 6.45) is -0.939. The standard InChI is InChI=1S/C16H19F3N2O3/c17-16(18,19)9-14(22)21-6-3-15(4-7-21)8-13(11-23-15)24-12-2-1-5-20-10-12/h1-2,5,10,13H,3-4,6-9,11H2. The molecule has 3 rings (SSSR count). The zero-order chi connectivity index (χ0) is 17.2. The van der Waals surface area contributed by atoms with Crippen LogP contribution >= 0.6 is 0 Å². The van der Waals surface area contributed by atoms with Gasteiger partial charge in [-0.3, -0.25) is 9.78 Å². The highest BCUT2D eigenvalue weighted by Gasteiger charge is 2.45. The van der Waals surface area contributed by atoms with Crippen molar-refractivity contribution in [1.29, 1.82) is 0 Å². The predicted octanol–water partition coefficient (Wildman–Crippen LogP) is 2.56. The van der Waals surface area contributed by atoms with Crippen LogP contribution in [-0.4, -0.2) is 53.4 Å². The summed E-state index contributed by atoms with van der Waals surface area (Å²) in [5.74, 6) is -0.195. The minimum absolute atomic E-state index is 0.105. The second-order valence-electron chi connectivity index (χ2n) is 6.30. The fourth-order valence-corrected chi connectivity index (χ4v) is 3.28. The van der Waals surface area contributed by atoms with Crippen LogP contribution in [0.5, 0.6) is 5.75 Å². The minimum atomic E-state index is -4.46. The van der Waals surface area contributed by atoms with Crippen LogP contribution in [0.4, 0.5) is 13.2 Å². The summed E-state index contributed by atoms with van der Waals surface area (Å²) >= 11 is 0. The Morgan fingerprint density at radius 1 is 1.42 bits per heavy atom. The molecule has 1 spiro atoms. The summed E-state index contributed by atoms with van der Waals surface area (Å²) in [6, 6.07) is 3.60. The SMILES string of the molecule is O=C(CC(F)(F)F)N1CCC2(CC1)CC(Oc1cccnc1)CO2. The molecule has 2 aliphatic heterocycles. The Balaban J connectivity index is 1.50. The summed E-state index contributed by atoms with van der Waals surface area (Å²) < 4.78 is 48.7. The van der Waals surface area contributed by atoms with E-state index in [1.165, 1.54) is 4.90 Å². The molecule has 0 bridgehead atoms. The molecule has 1 atom stereocenters. The topological polar surface area (TPSA) is 51.7 Å². The second-order valence-corrected chi connectivity index (χ2v) is 6.30. The van der Waals surface area contributed by atoms with E-state index in [1.807, 2.05) is 6.07 Å². The van der Waals surface area contributed by atoms with Crippen LogP contribution in [0.2, 0.25) is 0 Å². The van der Waals surface area contributed by atoms with E-state index in [0.717, 1.165) is 0 Å². The molecule has 2 aliphatic rings. The van der Waals surface area contributed by atoms with Crippen molar-refractivity contribution in [2.45, 2.75) is 43.6 Å². The average Bonchev–Trinajstić information content (AvgIpc) is 2.90. The molecule has 1 aromatic heterocycles. The number of halogens is 3. The quantitative estimate of drug-likeness (QED) is 0.846. The summed E-state index contributed by atoms with van der Waals surface area (Å²) in [5.41, 5.74) is -0.401. The molecule has 5 nitrogen and oxygen atoms in total. The lowest BCUT2D eigenvalue weighted by Crippen LogP contribution is -2.47. The van der Waals surface area contributed by atoms with Gasteiger partial charge in [-0.15, -0.1) is 0 Å². The van der Waals surface area contributed by atoms with E-state index in [1.54, 1.807) is 18.5 Å². The molecular formula is C16H19F3N2O3. The van der Waals surface area contributed by atoms with Crippen LogP contribution in [0.15, 0.2) is 24.5 Å². The normalized spacial score (nSPS) is 23.5. The van der Waals surface area contributed by atoms with Gasteiger partial charge in [-0.25, -0.2) is 0 Å². The molecule has 0 saturated carbocycles. The monoisotopic (exact) mass is 344 g/mol. The number of likely N-dealkylation sites (tertiary alicyclic amines) is 1. The molecular weight excluding hydrogens is 325 g/mol. The van der Waals surface area contributed by atoms with Crippen molar-refractivity contribution in [3.8, 4) is 5.75 Å². The second kappa shape index (κ2) is 6.58. The van der Waals surface area contributed by atoms with Crippen LogP contribution in [0.1, 0.15) is 25.7 Å². The first kappa shape index (κ1) is 17.0. The van der Waals surface area contributed by atoms with Gasteiger partial charge >= 0.3 is 6.18 Å². The van der Waals surface area contributed by atoms with Crippen molar-refractivity contribution in [2.24, 2.45) is 0 Å². The lowest BCUT2D eigenvalue weighted by Gasteiger charge is -2.38. The molecule has 0 radical (unpaired) electrons. The van der Waals surface area contributed by atoms with Crippen molar-refractivity contribution >= 4 is 5.91 Å². The van der Waals surface area contributed by atoms with Crippen LogP contribution in [0.3, 0.4) is 0 Å². The van der Waals surface area contributed by atoms with E-state index in [4.69, 9.17) is 9.47 Å². The first-order chi connectivity index (χ1) is 11.4. The zero-order valence-electron chi connectivity index (χ0n) is 13.1. The van der Waals surface area contributed by atoms with E-state index in [2.05, 4.69) is 4.98 Å². The third kappa shape index (κ3) is 4.17. The highest BCUT2D eigenvalue weighted by Crippen LogP contribution is 2.37. The van der Waals surface area contributed by atoms with Crippen molar-refractivity contribution in [2.75, 3.05) is 19.7 Å². The number of piperidine rings is 1. The van der Waals surface area contributed by atoms with E-state index in [0.29, 0.717) is 31.6 Å². The van der Waals surface area contributed by atoms with E-state index >= 15 is 0 Å². The number of alkyl halides is 3. The molecule has 8 heteroatoms. The smallest absolute Gasteiger partial charge is 0.397 e. The molecule has 0 N–H and O–H groups in total. The number of ether oxygens (including phenoxy) is 2. The molecule has 0 aliphatic carbocycles. The van der Waals surface area contributed by atoms with Gasteiger partial charge in [0.2, 0.25) is 5.91 Å². The van der Waals surface area contributed by atoms with Gasteiger partial charge in [-0.05, 0) is 25.0 Å². The Hall–Kier alpha value is -1.83. The zero-order valence-corrected chi connectivity index (χ0v) is 13.1. The van der Waals surface area contributed by atoms with E-state index < -0.39 is 24.1 Å². The van der Waals surface area contributed by atoms with Gasteiger partial charge in [-0.1, -0.05) is 0 Å². The van der Waals surface area contributed by atoms with Crippen molar-refractivity contribution < 1.29 is 27.4 Å². The third-order valence-electron chi connectivity index (χ3n) is 4.49. The number of amides is 1. The van der Waals surface area contributed by atoms with Crippen molar-refractivity contribution in [1.82, 2.24) is 9.88 Å². The van der Waals surface area contributed by atoms with E-state index in [9.17, 15) is 18.0 Å². The Labute approximate surface area is 137 Å². The first-order valence-corrected chi connectivity index (χ1v) is 7.90. The maximum Gasteiger partial charge on any atom is 0.397 e. The molecule has 2 fully saturated rings. The highest BCUT2D eigenvalue weighted by atomic mass is 19.4. The van der Waals surface area contributed by atoms with Crippen molar-refractivity contribution in [3.05, 3.63) is 24.5 Å². The molecule has 1 aromatic rings. The Bertz CT molecular complexity index is 572. The van der Waals surface area contributed by atoms with Crippen LogP contribution < -0.4 is 4.74 Å². The number of hydrogen-bond acceptors (Lipinski definition) is 4. The number of nitrogens with zero attached hydrogens (tertiary/aromatic N) is 2. The van der Waals surface area contributed by atoms with Gasteiger partial charge in [0.25, 0.3) is 0 Å². The summed E-state index contributed by atoms with van der Waals surface area (Å²) in [4.78, 5) is 16.9. The summed E-state index contributed by atoms with van der Waals surface area (Å²) in [6.45, 7) is 1.01. The Morgan fingerprint density at radius 2 is 2.17 bits per heavy atom. The number of aromatic nitrogens is 1. The number of carbonyl (C=O) groups excluding carboxylic acids is 1. The number of hydrogen-bond donors (Lipinski definition) is 0.